The van der Waals surface area contributed by atoms with E-state index in [0.29, 0.717) is 13.1 Å². The van der Waals surface area contributed by atoms with Crippen molar-refractivity contribution in [3.63, 3.8) is 0 Å². The summed E-state index contributed by atoms with van der Waals surface area (Å²) in [5, 5.41) is 13.1. The van der Waals surface area contributed by atoms with Crippen molar-refractivity contribution in [2.24, 2.45) is 0 Å². The minimum Gasteiger partial charge on any atom is -0.338 e. The number of hydrogen-bond donors (Lipinski definition) is 0. The molecule has 1 aromatic heterocycles. The smallest absolute Gasteiger partial charge is 0.247 e. The second-order valence-corrected chi connectivity index (χ2v) is 5.53. The minimum absolute atomic E-state index is 0.0462. The summed E-state index contributed by atoms with van der Waals surface area (Å²) in [5.74, 6) is 0.0462. The molecular weight excluding hydrogens is 256 g/mol. The zero-order valence-electron chi connectivity index (χ0n) is 12.2. The van der Waals surface area contributed by atoms with Crippen LogP contribution in [0.15, 0.2) is 12.7 Å². The summed E-state index contributed by atoms with van der Waals surface area (Å²) in [6.07, 6.45) is 2.98. The number of amides is 1. The monoisotopic (exact) mass is 276 g/mol. The van der Waals surface area contributed by atoms with E-state index < -0.39 is 5.54 Å². The summed E-state index contributed by atoms with van der Waals surface area (Å²) in [7, 11) is 0. The first-order valence-corrected chi connectivity index (χ1v) is 6.75. The number of hydrogen-bond acceptors (Lipinski definition) is 5. The molecule has 1 unspecified atom stereocenters. The minimum atomic E-state index is -0.480. The van der Waals surface area contributed by atoms with E-state index >= 15 is 0 Å². The molecule has 1 aromatic rings. The van der Waals surface area contributed by atoms with Gasteiger partial charge in [-0.1, -0.05) is 0 Å². The predicted octanol–water partition coefficient (Wildman–Crippen LogP) is 0.285. The van der Waals surface area contributed by atoms with Crippen LogP contribution in [0.2, 0.25) is 0 Å². The van der Waals surface area contributed by atoms with Crippen molar-refractivity contribution in [1.82, 2.24) is 24.6 Å². The summed E-state index contributed by atoms with van der Waals surface area (Å²) >= 11 is 0. The highest BCUT2D eigenvalue weighted by atomic mass is 16.2. The highest BCUT2D eigenvalue weighted by molar-refractivity contribution is 5.80. The number of aromatic nitrogens is 3. The number of carbonyl (C=O) groups excluding carboxylic acids is 1. The van der Waals surface area contributed by atoms with Crippen LogP contribution >= 0.6 is 0 Å². The molecule has 0 radical (unpaired) electrons. The Morgan fingerprint density at radius 3 is 2.50 bits per heavy atom. The highest BCUT2D eigenvalue weighted by Gasteiger charge is 2.32. The topological polar surface area (TPSA) is 78.0 Å². The van der Waals surface area contributed by atoms with Crippen LogP contribution in [0, 0.1) is 11.3 Å². The number of piperazine rings is 1. The molecule has 1 saturated heterocycles. The maximum Gasteiger partial charge on any atom is 0.247 e. The molecule has 0 saturated carbocycles. The molecule has 0 N–H and O–H groups in total. The molecule has 1 atom stereocenters. The van der Waals surface area contributed by atoms with Crippen molar-refractivity contribution in [3.8, 4) is 6.07 Å². The fourth-order valence-electron chi connectivity index (χ4n) is 2.35. The molecule has 7 nitrogen and oxygen atoms in total. The molecule has 108 valence electrons. The summed E-state index contributed by atoms with van der Waals surface area (Å²) in [5.41, 5.74) is -0.480. The van der Waals surface area contributed by atoms with Gasteiger partial charge >= 0.3 is 0 Å². The van der Waals surface area contributed by atoms with E-state index in [1.165, 1.54) is 6.33 Å². The molecule has 0 spiro atoms. The number of nitriles is 1. The van der Waals surface area contributed by atoms with Crippen molar-refractivity contribution in [3.05, 3.63) is 12.7 Å². The molecule has 2 heterocycles. The summed E-state index contributed by atoms with van der Waals surface area (Å²) in [6, 6.07) is 1.96. The average Bonchev–Trinajstić information content (AvgIpc) is 3.00. The Morgan fingerprint density at radius 1 is 1.35 bits per heavy atom. The van der Waals surface area contributed by atoms with Crippen molar-refractivity contribution >= 4 is 5.91 Å². The Kier molecular flexibility index (Phi) is 4.04. The van der Waals surface area contributed by atoms with E-state index in [4.69, 9.17) is 5.26 Å². The lowest BCUT2D eigenvalue weighted by molar-refractivity contribution is -0.136. The Hall–Kier alpha value is -1.94. The van der Waals surface area contributed by atoms with E-state index in [-0.39, 0.29) is 11.9 Å². The van der Waals surface area contributed by atoms with Gasteiger partial charge in [0, 0.05) is 26.2 Å². The van der Waals surface area contributed by atoms with Crippen LogP contribution < -0.4 is 0 Å². The Balaban J connectivity index is 1.94. The Morgan fingerprint density at radius 2 is 2.00 bits per heavy atom. The van der Waals surface area contributed by atoms with Gasteiger partial charge in [0.2, 0.25) is 5.91 Å². The van der Waals surface area contributed by atoms with Crippen LogP contribution in [0.4, 0.5) is 0 Å². The maximum absolute atomic E-state index is 12.4. The molecule has 1 fully saturated rings. The fourth-order valence-corrected chi connectivity index (χ4v) is 2.35. The van der Waals surface area contributed by atoms with Gasteiger partial charge in [0.05, 0.1) is 6.07 Å². The van der Waals surface area contributed by atoms with Gasteiger partial charge in [0.25, 0.3) is 0 Å². The van der Waals surface area contributed by atoms with Crippen molar-refractivity contribution < 1.29 is 4.79 Å². The van der Waals surface area contributed by atoms with Gasteiger partial charge in [-0.2, -0.15) is 10.4 Å². The van der Waals surface area contributed by atoms with Crippen molar-refractivity contribution in [2.75, 3.05) is 26.2 Å². The van der Waals surface area contributed by atoms with Gasteiger partial charge in [0.15, 0.2) is 0 Å². The van der Waals surface area contributed by atoms with E-state index in [0.717, 1.165) is 13.1 Å². The summed E-state index contributed by atoms with van der Waals surface area (Å²) in [6.45, 7) is 8.35. The van der Waals surface area contributed by atoms with Crippen LogP contribution in [0.3, 0.4) is 0 Å². The molecule has 1 aliphatic rings. The lowest BCUT2D eigenvalue weighted by Crippen LogP contribution is -2.56. The van der Waals surface area contributed by atoms with Crippen LogP contribution in [-0.4, -0.2) is 62.2 Å². The second kappa shape index (κ2) is 5.59. The average molecular weight is 276 g/mol. The first-order valence-electron chi connectivity index (χ1n) is 6.75. The first kappa shape index (κ1) is 14.5. The Labute approximate surface area is 118 Å². The quantitative estimate of drug-likeness (QED) is 0.792. The van der Waals surface area contributed by atoms with E-state index in [2.05, 4.69) is 21.1 Å². The van der Waals surface area contributed by atoms with Gasteiger partial charge in [-0.3, -0.25) is 9.69 Å². The van der Waals surface area contributed by atoms with Gasteiger partial charge in [-0.25, -0.2) is 9.67 Å². The normalized spacial score (nSPS) is 18.6. The first-order chi connectivity index (χ1) is 9.45. The van der Waals surface area contributed by atoms with Crippen LogP contribution in [0.25, 0.3) is 0 Å². The lowest BCUT2D eigenvalue weighted by Gasteiger charge is -2.41. The third-order valence-electron chi connectivity index (χ3n) is 3.85. The van der Waals surface area contributed by atoms with Crippen LogP contribution in [0.5, 0.6) is 0 Å². The van der Waals surface area contributed by atoms with Gasteiger partial charge in [-0.15, -0.1) is 0 Å². The largest absolute Gasteiger partial charge is 0.338 e. The zero-order valence-corrected chi connectivity index (χ0v) is 12.2. The SMILES string of the molecule is CC(C(=O)N1CCN(C(C)(C)C#N)CC1)n1cncn1. The third kappa shape index (κ3) is 2.80. The zero-order chi connectivity index (χ0) is 14.8. The number of carbonyl (C=O) groups is 1. The van der Waals surface area contributed by atoms with Crippen molar-refractivity contribution in [1.29, 1.82) is 5.26 Å². The van der Waals surface area contributed by atoms with Gasteiger partial charge in [-0.05, 0) is 20.8 Å². The van der Waals surface area contributed by atoms with E-state index in [1.54, 1.807) is 11.0 Å². The molecule has 1 amide bonds. The summed E-state index contributed by atoms with van der Waals surface area (Å²) in [4.78, 5) is 20.2. The molecular formula is C13H20N6O. The molecule has 1 aliphatic heterocycles. The van der Waals surface area contributed by atoms with Gasteiger partial charge in [0.1, 0.15) is 24.2 Å². The lowest BCUT2D eigenvalue weighted by atomic mass is 10.0. The van der Waals surface area contributed by atoms with Crippen LogP contribution in [-0.2, 0) is 4.79 Å². The highest BCUT2D eigenvalue weighted by Crippen LogP contribution is 2.17. The Bertz CT molecular complexity index is 495. The number of rotatable bonds is 3. The van der Waals surface area contributed by atoms with E-state index in [9.17, 15) is 4.79 Å². The molecule has 20 heavy (non-hydrogen) atoms. The fraction of sp³-hybridized carbons (Fsp3) is 0.692. The molecule has 0 bridgehead atoms. The molecule has 0 aliphatic carbocycles. The predicted molar refractivity (Wildman–Crippen MR) is 72.6 cm³/mol. The van der Waals surface area contributed by atoms with Crippen molar-refractivity contribution in [2.45, 2.75) is 32.4 Å². The molecule has 0 aromatic carbocycles. The maximum atomic E-state index is 12.4. The van der Waals surface area contributed by atoms with Gasteiger partial charge < -0.3 is 4.90 Å². The van der Waals surface area contributed by atoms with Crippen LogP contribution in [0.1, 0.15) is 26.8 Å². The summed E-state index contributed by atoms with van der Waals surface area (Å²) < 4.78 is 1.56. The van der Waals surface area contributed by atoms with E-state index in [1.807, 2.05) is 25.7 Å². The standard InChI is InChI=1S/C13H20N6O/c1-11(19-10-15-9-16-19)12(20)17-4-6-18(7-5-17)13(2,3)8-14/h9-11H,4-7H2,1-3H3. The third-order valence-corrected chi connectivity index (χ3v) is 3.85. The molecule has 7 heteroatoms. The second-order valence-electron chi connectivity index (χ2n) is 5.53. The number of nitrogens with zero attached hydrogens (tertiary/aromatic N) is 6. The molecule has 2 rings (SSSR count).